The van der Waals surface area contributed by atoms with Gasteiger partial charge in [-0.15, -0.1) is 0 Å². The van der Waals surface area contributed by atoms with Crippen LogP contribution in [0.25, 0.3) is 11.0 Å². The van der Waals surface area contributed by atoms with E-state index in [1.165, 1.54) is 25.8 Å². The van der Waals surface area contributed by atoms with E-state index in [1.54, 1.807) is 0 Å². The van der Waals surface area contributed by atoms with E-state index in [0.717, 1.165) is 27.7 Å². The first-order valence-electron chi connectivity index (χ1n) is 7.08. The first-order chi connectivity index (χ1) is 9.74. The zero-order valence-electron chi connectivity index (χ0n) is 11.6. The maximum atomic E-state index is 4.48. The summed E-state index contributed by atoms with van der Waals surface area (Å²) in [4.78, 5) is 11.3. The second-order valence-electron chi connectivity index (χ2n) is 5.39. The largest absolute Gasteiger partial charge is 0.382 e. The Morgan fingerprint density at radius 3 is 3.15 bits per heavy atom. The van der Waals surface area contributed by atoms with Gasteiger partial charge in [0.2, 0.25) is 0 Å². The number of likely N-dealkylation sites (tertiary alicyclic amines) is 1. The summed E-state index contributed by atoms with van der Waals surface area (Å²) < 4.78 is 0.960. The molecule has 0 amide bonds. The van der Waals surface area contributed by atoms with Gasteiger partial charge in [0.1, 0.15) is 5.52 Å². The molecule has 2 aromatic rings. The van der Waals surface area contributed by atoms with Crippen molar-refractivity contribution in [2.24, 2.45) is 0 Å². The number of anilines is 1. The molecular weight excluding hydrogens is 316 g/mol. The Bertz CT molecular complexity index is 601. The highest BCUT2D eigenvalue weighted by Gasteiger charge is 2.18. The summed E-state index contributed by atoms with van der Waals surface area (Å²) >= 11 is 3.44. The van der Waals surface area contributed by atoms with Crippen LogP contribution < -0.4 is 5.32 Å². The number of likely N-dealkylation sites (N-methyl/N-ethyl adjacent to an activating group) is 1. The lowest BCUT2D eigenvalue weighted by Crippen LogP contribution is -2.40. The Morgan fingerprint density at radius 1 is 1.40 bits per heavy atom. The quantitative estimate of drug-likeness (QED) is 0.935. The normalized spacial score (nSPS) is 20.2. The van der Waals surface area contributed by atoms with Crippen molar-refractivity contribution in [1.29, 1.82) is 0 Å². The number of nitrogens with zero attached hydrogens (tertiary/aromatic N) is 3. The molecule has 0 radical (unpaired) electrons. The number of pyridine rings is 2. The van der Waals surface area contributed by atoms with E-state index in [4.69, 9.17) is 0 Å². The minimum atomic E-state index is 0.613. The van der Waals surface area contributed by atoms with E-state index >= 15 is 0 Å². The number of hydrogen-bond acceptors (Lipinski definition) is 4. The molecule has 0 aromatic carbocycles. The van der Waals surface area contributed by atoms with Crippen LogP contribution in [0.15, 0.2) is 29.0 Å². The van der Waals surface area contributed by atoms with Gasteiger partial charge in [0.25, 0.3) is 0 Å². The van der Waals surface area contributed by atoms with E-state index in [9.17, 15) is 0 Å². The summed E-state index contributed by atoms with van der Waals surface area (Å²) in [5.41, 5.74) is 2.93. The van der Waals surface area contributed by atoms with E-state index in [2.05, 4.69) is 43.2 Å². The highest BCUT2D eigenvalue weighted by atomic mass is 79.9. The van der Waals surface area contributed by atoms with Crippen LogP contribution in [0, 0.1) is 0 Å². The van der Waals surface area contributed by atoms with Crippen LogP contribution in [0.3, 0.4) is 0 Å². The van der Waals surface area contributed by atoms with Gasteiger partial charge in [-0.1, -0.05) is 6.42 Å². The molecule has 1 saturated heterocycles. The Morgan fingerprint density at radius 2 is 2.30 bits per heavy atom. The van der Waals surface area contributed by atoms with E-state index in [0.29, 0.717) is 6.04 Å². The van der Waals surface area contributed by atoms with E-state index < -0.39 is 0 Å². The van der Waals surface area contributed by atoms with E-state index in [-0.39, 0.29) is 0 Å². The van der Waals surface area contributed by atoms with Crippen molar-refractivity contribution in [3.63, 3.8) is 0 Å². The second-order valence-corrected chi connectivity index (χ2v) is 6.31. The molecule has 3 rings (SSSR count). The number of nitrogens with one attached hydrogen (secondary N) is 1. The molecule has 5 heteroatoms. The number of piperidine rings is 1. The molecule has 1 aliphatic heterocycles. The fraction of sp³-hybridized carbons (Fsp3) is 0.467. The Hall–Kier alpha value is -1.20. The first kappa shape index (κ1) is 13.8. The molecule has 1 N–H and O–H groups in total. The zero-order valence-corrected chi connectivity index (χ0v) is 13.2. The minimum absolute atomic E-state index is 0.613. The average molecular weight is 335 g/mol. The minimum Gasteiger partial charge on any atom is -0.382 e. The molecule has 4 nitrogen and oxygen atoms in total. The van der Waals surface area contributed by atoms with Gasteiger partial charge in [0.05, 0.1) is 11.2 Å². The van der Waals surface area contributed by atoms with Crippen molar-refractivity contribution in [3.05, 3.63) is 29.0 Å². The molecule has 20 heavy (non-hydrogen) atoms. The molecule has 0 spiro atoms. The summed E-state index contributed by atoms with van der Waals surface area (Å²) in [5.74, 6) is 0. The molecule has 3 heterocycles. The Labute approximate surface area is 127 Å². The third-order valence-corrected chi connectivity index (χ3v) is 4.43. The predicted octanol–water partition coefficient (Wildman–Crippen LogP) is 3.29. The van der Waals surface area contributed by atoms with Crippen LogP contribution in [0.5, 0.6) is 0 Å². The molecule has 0 aliphatic carbocycles. The molecule has 0 bridgehead atoms. The van der Waals surface area contributed by atoms with Crippen molar-refractivity contribution in [3.8, 4) is 0 Å². The van der Waals surface area contributed by atoms with Gasteiger partial charge in [0.15, 0.2) is 0 Å². The van der Waals surface area contributed by atoms with Gasteiger partial charge in [0, 0.05) is 29.5 Å². The number of halogens is 1. The van der Waals surface area contributed by atoms with Gasteiger partial charge < -0.3 is 10.2 Å². The standard InChI is InChI=1S/C15H19BrN4/c1-20-7-3-2-4-12(20)10-18-13-5-6-17-14-8-11(16)9-19-15(13)14/h5-6,8-9,12H,2-4,7,10H2,1H3,(H,17,18). The maximum Gasteiger partial charge on any atom is 0.112 e. The number of aromatic nitrogens is 2. The third kappa shape index (κ3) is 2.94. The maximum absolute atomic E-state index is 4.48. The first-order valence-corrected chi connectivity index (χ1v) is 7.88. The fourth-order valence-corrected chi connectivity index (χ4v) is 3.10. The SMILES string of the molecule is CN1CCCCC1CNc1ccnc2cc(Br)cnc12. The van der Waals surface area contributed by atoms with Crippen LogP contribution in [-0.4, -0.2) is 41.0 Å². The number of fused-ring (bicyclic) bond motifs is 1. The summed E-state index contributed by atoms with van der Waals surface area (Å²) in [6.45, 7) is 2.17. The molecular formula is C15H19BrN4. The van der Waals surface area contributed by atoms with Crippen molar-refractivity contribution in [1.82, 2.24) is 14.9 Å². The topological polar surface area (TPSA) is 41.0 Å². The van der Waals surface area contributed by atoms with Crippen LogP contribution in [0.4, 0.5) is 5.69 Å². The van der Waals surface area contributed by atoms with E-state index in [1.807, 2.05) is 24.5 Å². The van der Waals surface area contributed by atoms with Crippen LogP contribution in [0.1, 0.15) is 19.3 Å². The summed E-state index contributed by atoms with van der Waals surface area (Å²) in [6.07, 6.45) is 7.58. The van der Waals surface area contributed by atoms with Crippen molar-refractivity contribution in [2.45, 2.75) is 25.3 Å². The Kier molecular flexibility index (Phi) is 4.17. The van der Waals surface area contributed by atoms with Crippen LogP contribution in [-0.2, 0) is 0 Å². The smallest absolute Gasteiger partial charge is 0.112 e. The van der Waals surface area contributed by atoms with Crippen molar-refractivity contribution < 1.29 is 0 Å². The predicted molar refractivity (Wildman–Crippen MR) is 86.0 cm³/mol. The highest BCUT2D eigenvalue weighted by molar-refractivity contribution is 9.10. The lowest BCUT2D eigenvalue weighted by atomic mass is 10.0. The average Bonchev–Trinajstić information content (AvgIpc) is 2.46. The van der Waals surface area contributed by atoms with Gasteiger partial charge in [-0.25, -0.2) is 0 Å². The van der Waals surface area contributed by atoms with Gasteiger partial charge >= 0.3 is 0 Å². The monoisotopic (exact) mass is 334 g/mol. The van der Waals surface area contributed by atoms with Gasteiger partial charge in [-0.2, -0.15) is 0 Å². The molecule has 1 unspecified atom stereocenters. The highest BCUT2D eigenvalue weighted by Crippen LogP contribution is 2.23. The zero-order chi connectivity index (χ0) is 13.9. The van der Waals surface area contributed by atoms with Crippen LogP contribution >= 0.6 is 15.9 Å². The van der Waals surface area contributed by atoms with Crippen LogP contribution in [0.2, 0.25) is 0 Å². The lowest BCUT2D eigenvalue weighted by molar-refractivity contribution is 0.195. The second kappa shape index (κ2) is 6.06. The van der Waals surface area contributed by atoms with Gasteiger partial charge in [-0.05, 0) is 54.5 Å². The molecule has 1 aliphatic rings. The molecule has 2 aromatic heterocycles. The van der Waals surface area contributed by atoms with Crippen molar-refractivity contribution >= 4 is 32.7 Å². The summed E-state index contributed by atoms with van der Waals surface area (Å²) in [6, 6.07) is 4.62. The molecule has 106 valence electrons. The summed E-state index contributed by atoms with van der Waals surface area (Å²) in [5, 5.41) is 3.55. The molecule has 1 fully saturated rings. The molecule has 0 saturated carbocycles. The fourth-order valence-electron chi connectivity index (χ4n) is 2.78. The van der Waals surface area contributed by atoms with Gasteiger partial charge in [-0.3, -0.25) is 9.97 Å². The summed E-state index contributed by atoms with van der Waals surface area (Å²) in [7, 11) is 2.21. The lowest BCUT2D eigenvalue weighted by Gasteiger charge is -2.32. The Balaban J connectivity index is 1.77. The third-order valence-electron chi connectivity index (χ3n) is 3.99. The molecule has 1 atom stereocenters. The number of hydrogen-bond donors (Lipinski definition) is 1. The number of rotatable bonds is 3. The van der Waals surface area contributed by atoms with Crippen molar-refractivity contribution in [2.75, 3.05) is 25.5 Å².